The Morgan fingerprint density at radius 2 is 2.16 bits per heavy atom. The van der Waals surface area contributed by atoms with E-state index in [-0.39, 0.29) is 5.91 Å². The van der Waals surface area contributed by atoms with E-state index in [4.69, 9.17) is 5.73 Å². The van der Waals surface area contributed by atoms with E-state index in [0.717, 1.165) is 10.6 Å². The Bertz CT molecular complexity index is 591. The molecular weight excluding hydrogens is 258 g/mol. The van der Waals surface area contributed by atoms with Crippen molar-refractivity contribution in [3.63, 3.8) is 0 Å². The van der Waals surface area contributed by atoms with Crippen LogP contribution in [0.15, 0.2) is 29.8 Å². The van der Waals surface area contributed by atoms with Crippen LogP contribution in [0.4, 0.5) is 5.69 Å². The lowest BCUT2D eigenvalue weighted by Crippen LogP contribution is -2.41. The number of nitrogens with two attached hydrogens (primary N) is 1. The van der Waals surface area contributed by atoms with Crippen molar-refractivity contribution in [2.75, 3.05) is 5.73 Å². The molecular formula is C14H17N3OS. The zero-order valence-corrected chi connectivity index (χ0v) is 12.0. The molecule has 5 heteroatoms. The van der Waals surface area contributed by atoms with Crippen LogP contribution in [0.25, 0.3) is 0 Å². The molecule has 1 heterocycles. The predicted octanol–water partition coefficient (Wildman–Crippen LogP) is 2.70. The summed E-state index contributed by atoms with van der Waals surface area (Å²) in [7, 11) is 0. The summed E-state index contributed by atoms with van der Waals surface area (Å²) in [6.07, 6.45) is 1.74. The van der Waals surface area contributed by atoms with E-state index in [1.54, 1.807) is 18.3 Å². The standard InChI is InChI=1S/C14H17N3OS/c1-9-4-5-10(15)8-11(9)12(18)17-14(2,3)13-16-6-7-19-13/h4-8H,15H2,1-3H3,(H,17,18). The molecule has 0 spiro atoms. The zero-order chi connectivity index (χ0) is 14.0. The van der Waals surface area contributed by atoms with Gasteiger partial charge in [0.05, 0.1) is 5.54 Å². The van der Waals surface area contributed by atoms with E-state index in [0.29, 0.717) is 11.3 Å². The molecule has 1 amide bonds. The third-order valence-electron chi connectivity index (χ3n) is 2.90. The number of nitrogens with one attached hydrogen (secondary N) is 1. The summed E-state index contributed by atoms with van der Waals surface area (Å²) in [6, 6.07) is 5.33. The molecule has 0 radical (unpaired) electrons. The molecule has 0 aliphatic carbocycles. The molecule has 1 aromatic heterocycles. The molecule has 0 saturated carbocycles. The summed E-state index contributed by atoms with van der Waals surface area (Å²) in [5.41, 5.74) is 7.33. The summed E-state index contributed by atoms with van der Waals surface area (Å²) in [5, 5.41) is 5.77. The minimum absolute atomic E-state index is 0.134. The van der Waals surface area contributed by atoms with Crippen molar-refractivity contribution in [2.24, 2.45) is 0 Å². The van der Waals surface area contributed by atoms with Gasteiger partial charge in [-0.05, 0) is 38.5 Å². The van der Waals surface area contributed by atoms with Gasteiger partial charge in [0.2, 0.25) is 0 Å². The average molecular weight is 275 g/mol. The van der Waals surface area contributed by atoms with E-state index in [1.807, 2.05) is 32.2 Å². The number of amides is 1. The van der Waals surface area contributed by atoms with E-state index < -0.39 is 5.54 Å². The normalized spacial score (nSPS) is 11.3. The van der Waals surface area contributed by atoms with Crippen molar-refractivity contribution in [3.8, 4) is 0 Å². The van der Waals surface area contributed by atoms with Crippen molar-refractivity contribution in [1.82, 2.24) is 10.3 Å². The molecule has 0 fully saturated rings. The number of carbonyl (C=O) groups is 1. The van der Waals surface area contributed by atoms with E-state index in [9.17, 15) is 4.79 Å². The lowest BCUT2D eigenvalue weighted by atomic mass is 10.0. The van der Waals surface area contributed by atoms with Crippen LogP contribution >= 0.6 is 11.3 Å². The smallest absolute Gasteiger partial charge is 0.252 e. The molecule has 100 valence electrons. The van der Waals surface area contributed by atoms with E-state index in [2.05, 4.69) is 10.3 Å². The molecule has 2 rings (SSSR count). The quantitative estimate of drug-likeness (QED) is 0.846. The average Bonchev–Trinajstić information content (AvgIpc) is 2.86. The van der Waals surface area contributed by atoms with Gasteiger partial charge < -0.3 is 11.1 Å². The number of benzene rings is 1. The SMILES string of the molecule is Cc1ccc(N)cc1C(=O)NC(C)(C)c1nccs1. The zero-order valence-electron chi connectivity index (χ0n) is 11.2. The highest BCUT2D eigenvalue weighted by Gasteiger charge is 2.26. The summed E-state index contributed by atoms with van der Waals surface area (Å²) in [4.78, 5) is 16.6. The Labute approximate surface area is 116 Å². The maximum atomic E-state index is 12.3. The minimum atomic E-state index is -0.498. The molecule has 0 saturated heterocycles. The number of hydrogen-bond acceptors (Lipinski definition) is 4. The van der Waals surface area contributed by atoms with Gasteiger partial charge in [0.1, 0.15) is 5.01 Å². The monoisotopic (exact) mass is 275 g/mol. The van der Waals surface area contributed by atoms with Crippen molar-refractivity contribution in [1.29, 1.82) is 0 Å². The van der Waals surface area contributed by atoms with Gasteiger partial charge in [0, 0.05) is 22.8 Å². The maximum Gasteiger partial charge on any atom is 0.252 e. The first-order valence-electron chi connectivity index (χ1n) is 5.99. The molecule has 4 nitrogen and oxygen atoms in total. The van der Waals surface area contributed by atoms with Crippen LogP contribution in [0.2, 0.25) is 0 Å². The second-order valence-electron chi connectivity index (χ2n) is 4.99. The van der Waals surface area contributed by atoms with Crippen LogP contribution in [0.5, 0.6) is 0 Å². The van der Waals surface area contributed by atoms with E-state index in [1.165, 1.54) is 11.3 Å². The van der Waals surface area contributed by atoms with Crippen molar-refractivity contribution in [3.05, 3.63) is 45.9 Å². The van der Waals surface area contributed by atoms with Crippen LogP contribution in [-0.2, 0) is 5.54 Å². The Balaban J connectivity index is 2.24. The summed E-state index contributed by atoms with van der Waals surface area (Å²) >= 11 is 1.52. The molecule has 19 heavy (non-hydrogen) atoms. The predicted molar refractivity (Wildman–Crippen MR) is 78.2 cm³/mol. The minimum Gasteiger partial charge on any atom is -0.399 e. The maximum absolute atomic E-state index is 12.3. The highest BCUT2D eigenvalue weighted by atomic mass is 32.1. The van der Waals surface area contributed by atoms with E-state index >= 15 is 0 Å². The molecule has 0 aliphatic heterocycles. The molecule has 3 N–H and O–H groups in total. The first-order valence-corrected chi connectivity index (χ1v) is 6.87. The van der Waals surface area contributed by atoms with Gasteiger partial charge in [0.25, 0.3) is 5.91 Å². The Morgan fingerprint density at radius 3 is 2.79 bits per heavy atom. The van der Waals surface area contributed by atoms with Crippen LogP contribution in [0.1, 0.15) is 34.8 Å². The lowest BCUT2D eigenvalue weighted by molar-refractivity contribution is 0.0911. The lowest BCUT2D eigenvalue weighted by Gasteiger charge is -2.24. The number of rotatable bonds is 3. The van der Waals surface area contributed by atoms with Gasteiger partial charge in [-0.25, -0.2) is 4.98 Å². The first kappa shape index (κ1) is 13.5. The number of nitrogens with zero attached hydrogens (tertiary/aromatic N) is 1. The molecule has 0 bridgehead atoms. The fourth-order valence-corrected chi connectivity index (χ4v) is 2.54. The highest BCUT2D eigenvalue weighted by molar-refractivity contribution is 7.09. The summed E-state index contributed by atoms with van der Waals surface area (Å²) < 4.78 is 0. The van der Waals surface area contributed by atoms with Crippen LogP contribution in [0, 0.1) is 6.92 Å². The number of aromatic nitrogens is 1. The van der Waals surface area contributed by atoms with Gasteiger partial charge in [-0.3, -0.25) is 4.79 Å². The van der Waals surface area contributed by atoms with Crippen molar-refractivity contribution < 1.29 is 4.79 Å². The number of hydrogen-bond donors (Lipinski definition) is 2. The number of aryl methyl sites for hydroxylation is 1. The number of thiazole rings is 1. The van der Waals surface area contributed by atoms with Gasteiger partial charge in [-0.1, -0.05) is 6.07 Å². The number of anilines is 1. The number of nitrogen functional groups attached to an aromatic ring is 1. The second kappa shape index (κ2) is 5.01. The van der Waals surface area contributed by atoms with Crippen molar-refractivity contribution in [2.45, 2.75) is 26.3 Å². The second-order valence-corrected chi connectivity index (χ2v) is 5.89. The molecule has 1 aromatic carbocycles. The van der Waals surface area contributed by atoms with Gasteiger partial charge in [-0.2, -0.15) is 0 Å². The molecule has 0 aliphatic rings. The Kier molecular flexibility index (Phi) is 3.57. The fourth-order valence-electron chi connectivity index (χ4n) is 1.82. The Morgan fingerprint density at radius 1 is 1.42 bits per heavy atom. The summed E-state index contributed by atoms with van der Waals surface area (Å²) in [6.45, 7) is 5.77. The van der Waals surface area contributed by atoms with Crippen LogP contribution < -0.4 is 11.1 Å². The highest BCUT2D eigenvalue weighted by Crippen LogP contribution is 2.23. The van der Waals surface area contributed by atoms with Gasteiger partial charge in [0.15, 0.2) is 0 Å². The third kappa shape index (κ3) is 2.93. The first-order chi connectivity index (χ1) is 8.90. The van der Waals surface area contributed by atoms with Gasteiger partial charge >= 0.3 is 0 Å². The molecule has 2 aromatic rings. The van der Waals surface area contributed by atoms with Crippen molar-refractivity contribution >= 4 is 22.9 Å². The van der Waals surface area contributed by atoms with Crippen LogP contribution in [0.3, 0.4) is 0 Å². The largest absolute Gasteiger partial charge is 0.399 e. The van der Waals surface area contributed by atoms with Gasteiger partial charge in [-0.15, -0.1) is 11.3 Å². The Hall–Kier alpha value is -1.88. The summed E-state index contributed by atoms with van der Waals surface area (Å²) in [5.74, 6) is -0.134. The third-order valence-corrected chi connectivity index (χ3v) is 4.00. The molecule has 0 atom stereocenters. The fraction of sp³-hybridized carbons (Fsp3) is 0.286. The number of carbonyl (C=O) groups excluding carboxylic acids is 1. The molecule has 0 unspecified atom stereocenters. The topological polar surface area (TPSA) is 68.0 Å². The van der Waals surface area contributed by atoms with Crippen LogP contribution in [-0.4, -0.2) is 10.9 Å².